The van der Waals surface area contributed by atoms with E-state index in [1.54, 1.807) is 7.11 Å². The van der Waals surface area contributed by atoms with E-state index in [0.717, 1.165) is 52.8 Å². The highest BCUT2D eigenvalue weighted by atomic mass is 16.5. The summed E-state index contributed by atoms with van der Waals surface area (Å²) in [6, 6.07) is 15.9. The molecule has 0 radical (unpaired) electrons. The third-order valence-corrected chi connectivity index (χ3v) is 4.18. The number of unbranched alkanes of at least 4 members (excludes halogenated alkanes) is 1. The topological polar surface area (TPSA) is 26.3 Å². The summed E-state index contributed by atoms with van der Waals surface area (Å²) in [6.45, 7) is 2.15. The van der Waals surface area contributed by atoms with Gasteiger partial charge in [-0.2, -0.15) is 0 Å². The van der Waals surface area contributed by atoms with Crippen LogP contribution in [-0.2, 0) is 0 Å². The standard InChI is InChI=1S/C20H20O2/c1-3-4-7-18-19(14-10-12-15(22-2)13-11-14)16-8-5-6-9-17(16)20(18)21/h5-6,8-13H,3-4,7H2,1-2H3. The Labute approximate surface area is 131 Å². The summed E-state index contributed by atoms with van der Waals surface area (Å²) >= 11 is 0. The first-order valence-electron chi connectivity index (χ1n) is 7.78. The normalized spacial score (nSPS) is 13.5. The molecular weight excluding hydrogens is 272 g/mol. The van der Waals surface area contributed by atoms with Crippen LogP contribution in [0.5, 0.6) is 5.75 Å². The summed E-state index contributed by atoms with van der Waals surface area (Å²) in [7, 11) is 1.66. The van der Waals surface area contributed by atoms with Crippen molar-refractivity contribution in [2.75, 3.05) is 7.11 Å². The minimum Gasteiger partial charge on any atom is -0.497 e. The number of fused-ring (bicyclic) bond motifs is 1. The lowest BCUT2D eigenvalue weighted by molar-refractivity contribution is 0.103. The van der Waals surface area contributed by atoms with Gasteiger partial charge in [0.15, 0.2) is 5.78 Å². The fourth-order valence-corrected chi connectivity index (χ4v) is 3.02. The van der Waals surface area contributed by atoms with Gasteiger partial charge in [0.25, 0.3) is 0 Å². The van der Waals surface area contributed by atoms with Crippen LogP contribution in [0.4, 0.5) is 0 Å². The van der Waals surface area contributed by atoms with Crippen LogP contribution in [0.3, 0.4) is 0 Å². The van der Waals surface area contributed by atoms with Crippen LogP contribution in [0.2, 0.25) is 0 Å². The second-order valence-corrected chi connectivity index (χ2v) is 5.56. The van der Waals surface area contributed by atoms with Gasteiger partial charge in [-0.15, -0.1) is 0 Å². The molecule has 2 nitrogen and oxygen atoms in total. The van der Waals surface area contributed by atoms with Gasteiger partial charge in [-0.05, 0) is 41.7 Å². The molecule has 0 unspecified atom stereocenters. The van der Waals surface area contributed by atoms with Crippen LogP contribution in [0.15, 0.2) is 54.1 Å². The first-order valence-corrected chi connectivity index (χ1v) is 7.78. The van der Waals surface area contributed by atoms with E-state index in [0.29, 0.717) is 0 Å². The van der Waals surface area contributed by atoms with E-state index in [9.17, 15) is 4.79 Å². The maximum absolute atomic E-state index is 12.7. The Morgan fingerprint density at radius 3 is 2.27 bits per heavy atom. The van der Waals surface area contributed by atoms with E-state index in [-0.39, 0.29) is 5.78 Å². The summed E-state index contributed by atoms with van der Waals surface area (Å²) in [5.74, 6) is 1.02. The van der Waals surface area contributed by atoms with Crippen molar-refractivity contribution >= 4 is 11.4 Å². The predicted molar refractivity (Wildman–Crippen MR) is 89.3 cm³/mol. The maximum Gasteiger partial charge on any atom is 0.190 e. The molecule has 3 rings (SSSR count). The van der Waals surface area contributed by atoms with E-state index < -0.39 is 0 Å². The van der Waals surface area contributed by atoms with E-state index in [1.807, 2.05) is 48.5 Å². The van der Waals surface area contributed by atoms with Gasteiger partial charge in [-0.1, -0.05) is 49.7 Å². The van der Waals surface area contributed by atoms with Gasteiger partial charge in [-0.3, -0.25) is 4.79 Å². The summed E-state index contributed by atoms with van der Waals surface area (Å²) in [6.07, 6.45) is 2.96. The fourth-order valence-electron chi connectivity index (χ4n) is 3.02. The second-order valence-electron chi connectivity index (χ2n) is 5.56. The first-order chi connectivity index (χ1) is 10.8. The maximum atomic E-state index is 12.7. The number of hydrogen-bond acceptors (Lipinski definition) is 2. The van der Waals surface area contributed by atoms with E-state index in [4.69, 9.17) is 4.74 Å². The molecule has 22 heavy (non-hydrogen) atoms. The molecule has 2 aromatic rings. The molecule has 0 saturated heterocycles. The molecule has 0 fully saturated rings. The average Bonchev–Trinajstić information content (AvgIpc) is 2.86. The molecule has 1 aliphatic rings. The van der Waals surface area contributed by atoms with Crippen molar-refractivity contribution in [2.24, 2.45) is 0 Å². The number of carbonyl (C=O) groups is 1. The summed E-state index contributed by atoms with van der Waals surface area (Å²) in [5.41, 5.74) is 5.03. The Bertz CT molecular complexity index is 724. The molecule has 0 heterocycles. The van der Waals surface area contributed by atoms with Crippen LogP contribution in [0.25, 0.3) is 5.57 Å². The monoisotopic (exact) mass is 292 g/mol. The molecule has 112 valence electrons. The van der Waals surface area contributed by atoms with Crippen molar-refractivity contribution < 1.29 is 9.53 Å². The number of allylic oxidation sites excluding steroid dienone is 1. The van der Waals surface area contributed by atoms with Gasteiger partial charge in [0.05, 0.1) is 7.11 Å². The van der Waals surface area contributed by atoms with Gasteiger partial charge in [-0.25, -0.2) is 0 Å². The largest absolute Gasteiger partial charge is 0.497 e. The first kappa shape index (κ1) is 14.6. The van der Waals surface area contributed by atoms with Crippen LogP contribution >= 0.6 is 0 Å². The van der Waals surface area contributed by atoms with Crippen LogP contribution < -0.4 is 4.74 Å². The van der Waals surface area contributed by atoms with Crippen molar-refractivity contribution in [2.45, 2.75) is 26.2 Å². The molecule has 0 spiro atoms. The van der Waals surface area contributed by atoms with Gasteiger partial charge < -0.3 is 4.74 Å². The smallest absolute Gasteiger partial charge is 0.190 e. The zero-order chi connectivity index (χ0) is 15.5. The molecule has 0 amide bonds. The minimum atomic E-state index is 0.190. The van der Waals surface area contributed by atoms with Crippen LogP contribution in [-0.4, -0.2) is 12.9 Å². The summed E-state index contributed by atoms with van der Waals surface area (Å²) in [4.78, 5) is 12.7. The molecule has 2 aromatic carbocycles. The molecule has 1 aliphatic carbocycles. The highest BCUT2D eigenvalue weighted by Crippen LogP contribution is 2.39. The number of ether oxygens (including phenoxy) is 1. The average molecular weight is 292 g/mol. The number of Topliss-reactive ketones (excluding diaryl/α,β-unsaturated/α-hetero) is 1. The second kappa shape index (κ2) is 6.18. The highest BCUT2D eigenvalue weighted by Gasteiger charge is 2.29. The highest BCUT2D eigenvalue weighted by molar-refractivity contribution is 6.22. The molecule has 0 aromatic heterocycles. The number of methoxy groups -OCH3 is 1. The molecule has 0 N–H and O–H groups in total. The zero-order valence-corrected chi connectivity index (χ0v) is 13.1. The lowest BCUT2D eigenvalue weighted by Gasteiger charge is -2.09. The minimum absolute atomic E-state index is 0.190. The predicted octanol–water partition coefficient (Wildman–Crippen LogP) is 4.88. The van der Waals surface area contributed by atoms with Crippen molar-refractivity contribution in [3.05, 3.63) is 70.8 Å². The number of carbonyl (C=O) groups excluding carboxylic acids is 1. The summed E-state index contributed by atoms with van der Waals surface area (Å²) in [5, 5.41) is 0. The number of hydrogen-bond donors (Lipinski definition) is 0. The van der Waals surface area contributed by atoms with Crippen molar-refractivity contribution in [3.8, 4) is 5.75 Å². The van der Waals surface area contributed by atoms with Crippen molar-refractivity contribution in [3.63, 3.8) is 0 Å². The third-order valence-electron chi connectivity index (χ3n) is 4.18. The van der Waals surface area contributed by atoms with Gasteiger partial charge >= 0.3 is 0 Å². The van der Waals surface area contributed by atoms with E-state index in [2.05, 4.69) is 6.92 Å². The Morgan fingerprint density at radius 1 is 0.955 bits per heavy atom. The molecule has 0 bridgehead atoms. The lowest BCUT2D eigenvalue weighted by Crippen LogP contribution is -1.98. The van der Waals surface area contributed by atoms with Crippen molar-refractivity contribution in [1.82, 2.24) is 0 Å². The Balaban J connectivity index is 2.12. The van der Waals surface area contributed by atoms with Crippen molar-refractivity contribution in [1.29, 1.82) is 0 Å². The zero-order valence-electron chi connectivity index (χ0n) is 13.1. The van der Waals surface area contributed by atoms with E-state index in [1.165, 1.54) is 0 Å². The number of benzene rings is 2. The van der Waals surface area contributed by atoms with Gasteiger partial charge in [0.1, 0.15) is 5.75 Å². The number of rotatable bonds is 5. The molecule has 0 aliphatic heterocycles. The lowest BCUT2D eigenvalue weighted by atomic mass is 9.95. The number of ketones is 1. The molecule has 0 saturated carbocycles. The Morgan fingerprint density at radius 2 is 1.64 bits per heavy atom. The molecule has 0 atom stereocenters. The third kappa shape index (κ3) is 2.45. The van der Waals surface area contributed by atoms with Gasteiger partial charge in [0, 0.05) is 11.1 Å². The van der Waals surface area contributed by atoms with E-state index >= 15 is 0 Å². The quantitative estimate of drug-likeness (QED) is 0.784. The molecule has 2 heteroatoms. The summed E-state index contributed by atoms with van der Waals surface area (Å²) < 4.78 is 5.23. The van der Waals surface area contributed by atoms with Crippen LogP contribution in [0.1, 0.15) is 47.7 Å². The van der Waals surface area contributed by atoms with Crippen LogP contribution in [0, 0.1) is 0 Å². The molecular formula is C20H20O2. The Hall–Kier alpha value is -2.35. The Kier molecular flexibility index (Phi) is 4.10. The van der Waals surface area contributed by atoms with Gasteiger partial charge in [0.2, 0.25) is 0 Å². The fraction of sp³-hybridized carbons (Fsp3) is 0.250. The SMILES string of the molecule is CCCCC1=C(c2ccc(OC)cc2)c2ccccc2C1=O.